The van der Waals surface area contributed by atoms with Crippen LogP contribution in [0.25, 0.3) is 6.08 Å². The molecule has 2 aromatic rings. The molecule has 0 fully saturated rings. The lowest BCUT2D eigenvalue weighted by atomic mass is 9.93. The van der Waals surface area contributed by atoms with Gasteiger partial charge in [0.15, 0.2) is 0 Å². The van der Waals surface area contributed by atoms with Gasteiger partial charge in [0.25, 0.3) is 0 Å². The molecule has 1 aromatic heterocycles. The highest BCUT2D eigenvalue weighted by Crippen LogP contribution is 2.33. The molecule has 0 aliphatic rings. The van der Waals surface area contributed by atoms with E-state index >= 15 is 0 Å². The van der Waals surface area contributed by atoms with Gasteiger partial charge in [0, 0.05) is 4.47 Å². The van der Waals surface area contributed by atoms with Crippen LogP contribution >= 0.6 is 15.9 Å². The highest BCUT2D eigenvalue weighted by Gasteiger charge is 2.23. The number of methoxy groups -OCH3 is 2. The summed E-state index contributed by atoms with van der Waals surface area (Å²) in [5, 5.41) is 9.72. The first-order chi connectivity index (χ1) is 11.0. The summed E-state index contributed by atoms with van der Waals surface area (Å²) >= 11 is 3.46. The molecule has 23 heavy (non-hydrogen) atoms. The van der Waals surface area contributed by atoms with Gasteiger partial charge >= 0.3 is 6.01 Å². The molecule has 6 heteroatoms. The number of rotatable bonds is 5. The van der Waals surface area contributed by atoms with E-state index in [4.69, 9.17) is 9.47 Å². The SMILES string of the molecule is C=Cc1c(OC)nc(OC)nc1C(C#N)c1cc(C)cc(Br)c1. The van der Waals surface area contributed by atoms with Gasteiger partial charge in [0.2, 0.25) is 5.88 Å². The molecule has 1 heterocycles. The van der Waals surface area contributed by atoms with Gasteiger partial charge in [0.05, 0.1) is 31.5 Å². The standard InChI is InChI=1S/C17H16BrN3O2/c1-5-13-15(20-17(23-4)21-16(13)22-3)14(9-19)11-6-10(2)7-12(18)8-11/h5-8,14H,1H2,2-4H3. The summed E-state index contributed by atoms with van der Waals surface area (Å²) < 4.78 is 11.3. The molecular formula is C17H16BrN3O2. The third-order valence-corrected chi connectivity index (χ3v) is 3.76. The number of aryl methyl sites for hydroxylation is 1. The van der Waals surface area contributed by atoms with E-state index in [0.29, 0.717) is 17.1 Å². The van der Waals surface area contributed by atoms with Gasteiger partial charge in [-0.3, -0.25) is 0 Å². The Morgan fingerprint density at radius 3 is 2.52 bits per heavy atom. The van der Waals surface area contributed by atoms with Crippen LogP contribution in [0.1, 0.15) is 28.3 Å². The molecule has 0 saturated carbocycles. The van der Waals surface area contributed by atoms with E-state index in [-0.39, 0.29) is 6.01 Å². The number of nitriles is 1. The first-order valence-electron chi connectivity index (χ1n) is 6.83. The molecule has 0 saturated heterocycles. The molecule has 0 radical (unpaired) electrons. The van der Waals surface area contributed by atoms with E-state index in [0.717, 1.165) is 15.6 Å². The van der Waals surface area contributed by atoms with E-state index in [1.165, 1.54) is 14.2 Å². The normalized spacial score (nSPS) is 11.4. The summed E-state index contributed by atoms with van der Waals surface area (Å²) in [6.45, 7) is 5.75. The van der Waals surface area contributed by atoms with E-state index in [2.05, 4.69) is 38.5 Å². The maximum absolute atomic E-state index is 9.72. The number of hydrogen-bond donors (Lipinski definition) is 0. The van der Waals surface area contributed by atoms with E-state index in [9.17, 15) is 5.26 Å². The molecular weight excluding hydrogens is 358 g/mol. The van der Waals surface area contributed by atoms with Crippen LogP contribution in [0.4, 0.5) is 0 Å². The summed E-state index contributed by atoms with van der Waals surface area (Å²) in [4.78, 5) is 8.50. The zero-order valence-corrected chi connectivity index (χ0v) is 14.7. The number of halogens is 1. The van der Waals surface area contributed by atoms with Crippen molar-refractivity contribution in [2.45, 2.75) is 12.8 Å². The zero-order chi connectivity index (χ0) is 17.0. The van der Waals surface area contributed by atoms with E-state index < -0.39 is 5.92 Å². The minimum absolute atomic E-state index is 0.148. The third-order valence-electron chi connectivity index (χ3n) is 3.30. The van der Waals surface area contributed by atoms with Crippen molar-refractivity contribution in [2.24, 2.45) is 0 Å². The van der Waals surface area contributed by atoms with Crippen LogP contribution in [-0.4, -0.2) is 24.2 Å². The van der Waals surface area contributed by atoms with Gasteiger partial charge < -0.3 is 9.47 Å². The molecule has 5 nitrogen and oxygen atoms in total. The molecule has 1 aromatic carbocycles. The van der Waals surface area contributed by atoms with Crippen molar-refractivity contribution in [2.75, 3.05) is 14.2 Å². The summed E-state index contributed by atoms with van der Waals surface area (Å²) in [6.07, 6.45) is 1.59. The van der Waals surface area contributed by atoms with Crippen LogP contribution in [0.3, 0.4) is 0 Å². The van der Waals surface area contributed by atoms with Crippen LogP contribution in [-0.2, 0) is 0 Å². The van der Waals surface area contributed by atoms with Gasteiger partial charge in [0.1, 0.15) is 5.92 Å². The molecule has 1 atom stereocenters. The minimum Gasteiger partial charge on any atom is -0.480 e. The number of hydrogen-bond acceptors (Lipinski definition) is 5. The second kappa shape index (κ2) is 7.25. The zero-order valence-electron chi connectivity index (χ0n) is 13.1. The van der Waals surface area contributed by atoms with Crippen molar-refractivity contribution >= 4 is 22.0 Å². The fourth-order valence-electron chi connectivity index (χ4n) is 2.33. The summed E-state index contributed by atoms with van der Waals surface area (Å²) in [7, 11) is 2.97. The number of ether oxygens (including phenoxy) is 2. The first kappa shape index (κ1) is 17.0. The Morgan fingerprint density at radius 2 is 2.00 bits per heavy atom. The molecule has 0 aliphatic heterocycles. The van der Waals surface area contributed by atoms with Crippen LogP contribution in [0.2, 0.25) is 0 Å². The Balaban J connectivity index is 2.70. The van der Waals surface area contributed by atoms with Crippen LogP contribution in [0.5, 0.6) is 11.9 Å². The maximum Gasteiger partial charge on any atom is 0.319 e. The average molecular weight is 374 g/mol. The highest BCUT2D eigenvalue weighted by atomic mass is 79.9. The van der Waals surface area contributed by atoms with Crippen LogP contribution < -0.4 is 9.47 Å². The largest absolute Gasteiger partial charge is 0.480 e. The molecule has 118 valence electrons. The van der Waals surface area contributed by atoms with Crippen molar-refractivity contribution in [3.63, 3.8) is 0 Å². The Kier molecular flexibility index (Phi) is 5.35. The second-order valence-corrected chi connectivity index (χ2v) is 5.76. The third kappa shape index (κ3) is 3.51. The minimum atomic E-state index is -0.593. The van der Waals surface area contributed by atoms with E-state index in [1.807, 2.05) is 25.1 Å². The van der Waals surface area contributed by atoms with Crippen molar-refractivity contribution in [1.82, 2.24) is 9.97 Å². The summed E-state index contributed by atoms with van der Waals surface area (Å²) in [5.74, 6) is -0.265. The lowest BCUT2D eigenvalue weighted by molar-refractivity contribution is 0.349. The second-order valence-electron chi connectivity index (χ2n) is 4.85. The van der Waals surface area contributed by atoms with Gasteiger partial charge in [-0.15, -0.1) is 0 Å². The van der Waals surface area contributed by atoms with Gasteiger partial charge in [-0.25, -0.2) is 0 Å². The fourth-order valence-corrected chi connectivity index (χ4v) is 2.95. The Hall–Kier alpha value is -2.39. The van der Waals surface area contributed by atoms with Crippen molar-refractivity contribution in [3.8, 4) is 18.0 Å². The maximum atomic E-state index is 9.72. The predicted octanol–water partition coefficient (Wildman–Crippen LogP) is 3.86. The lowest BCUT2D eigenvalue weighted by Crippen LogP contribution is -2.09. The summed E-state index contributed by atoms with van der Waals surface area (Å²) in [5.41, 5.74) is 2.95. The van der Waals surface area contributed by atoms with E-state index in [1.54, 1.807) is 6.08 Å². The molecule has 0 N–H and O–H groups in total. The molecule has 2 rings (SSSR count). The van der Waals surface area contributed by atoms with Crippen molar-refractivity contribution < 1.29 is 9.47 Å². The first-order valence-corrected chi connectivity index (χ1v) is 7.62. The van der Waals surface area contributed by atoms with Crippen molar-refractivity contribution in [1.29, 1.82) is 5.26 Å². The highest BCUT2D eigenvalue weighted by molar-refractivity contribution is 9.10. The van der Waals surface area contributed by atoms with Crippen LogP contribution in [0, 0.1) is 18.3 Å². The van der Waals surface area contributed by atoms with Gasteiger partial charge in [-0.2, -0.15) is 15.2 Å². The van der Waals surface area contributed by atoms with Crippen molar-refractivity contribution in [3.05, 3.63) is 51.6 Å². The molecule has 0 amide bonds. The van der Waals surface area contributed by atoms with Gasteiger partial charge in [-0.05, 0) is 30.2 Å². The quantitative estimate of drug-likeness (QED) is 0.795. The number of nitrogens with zero attached hydrogens (tertiary/aromatic N) is 3. The molecule has 0 aliphatic carbocycles. The Morgan fingerprint density at radius 1 is 1.26 bits per heavy atom. The number of aromatic nitrogens is 2. The Bertz CT molecular complexity index is 764. The van der Waals surface area contributed by atoms with Crippen LogP contribution in [0.15, 0.2) is 29.3 Å². The topological polar surface area (TPSA) is 68.0 Å². The predicted molar refractivity (Wildman–Crippen MR) is 91.6 cm³/mol. The number of benzene rings is 1. The molecule has 1 unspecified atom stereocenters. The Labute approximate surface area is 143 Å². The molecule has 0 bridgehead atoms. The lowest BCUT2D eigenvalue weighted by Gasteiger charge is -2.16. The molecule has 0 spiro atoms. The average Bonchev–Trinajstić information content (AvgIpc) is 2.53. The smallest absolute Gasteiger partial charge is 0.319 e. The fraction of sp³-hybridized carbons (Fsp3) is 0.235. The summed E-state index contributed by atoms with van der Waals surface area (Å²) in [6, 6.07) is 8.27. The van der Waals surface area contributed by atoms with Gasteiger partial charge in [-0.1, -0.05) is 34.7 Å². The monoisotopic (exact) mass is 373 g/mol.